The van der Waals surface area contributed by atoms with Gasteiger partial charge in [-0.05, 0) is 57.2 Å². The number of methoxy groups -OCH3 is 1. The summed E-state index contributed by atoms with van der Waals surface area (Å²) < 4.78 is 5.02. The summed E-state index contributed by atoms with van der Waals surface area (Å²) in [5.41, 5.74) is 1.83. The quantitative estimate of drug-likeness (QED) is 0.398. The van der Waals surface area contributed by atoms with Gasteiger partial charge in [0.2, 0.25) is 5.78 Å². The van der Waals surface area contributed by atoms with E-state index >= 15 is 0 Å². The molecule has 1 aromatic heterocycles. The molecule has 0 amide bonds. The molecule has 2 rings (SSSR count). The molecule has 0 unspecified atom stereocenters. The first-order chi connectivity index (χ1) is 13.4. The van der Waals surface area contributed by atoms with E-state index in [2.05, 4.69) is 4.98 Å². The number of allylic oxidation sites excluding steroid dienone is 4. The van der Waals surface area contributed by atoms with Gasteiger partial charge in [-0.3, -0.25) is 14.6 Å². The molecule has 1 aliphatic carbocycles. The third kappa shape index (κ3) is 5.03. The van der Waals surface area contributed by atoms with Gasteiger partial charge in [0, 0.05) is 34.7 Å². The second-order valence-electron chi connectivity index (χ2n) is 6.75. The van der Waals surface area contributed by atoms with E-state index in [1.54, 1.807) is 6.20 Å². The second-order valence-corrected chi connectivity index (χ2v) is 6.75. The van der Waals surface area contributed by atoms with Gasteiger partial charge in [-0.2, -0.15) is 0 Å². The van der Waals surface area contributed by atoms with E-state index in [1.165, 1.54) is 27.0 Å². The van der Waals surface area contributed by atoms with Gasteiger partial charge >= 0.3 is 5.97 Å². The summed E-state index contributed by atoms with van der Waals surface area (Å²) in [6, 6.07) is 3.91. The van der Waals surface area contributed by atoms with E-state index in [1.807, 2.05) is 18.3 Å². The highest BCUT2D eigenvalue weighted by atomic mass is 16.5. The smallest absolute Gasteiger partial charge is 0.331 e. The van der Waals surface area contributed by atoms with Gasteiger partial charge < -0.3 is 9.84 Å². The SMILES string of the molecule is COC1=C(C)C(=O)C(/C=C(/CCCCCc2cccnc2)C(=O)O)=C(C)C1=O. The zero-order valence-corrected chi connectivity index (χ0v) is 16.4. The van der Waals surface area contributed by atoms with Crippen LogP contribution in [-0.2, 0) is 25.5 Å². The Morgan fingerprint density at radius 2 is 1.89 bits per heavy atom. The summed E-state index contributed by atoms with van der Waals surface area (Å²) in [6.07, 6.45) is 8.59. The van der Waals surface area contributed by atoms with Crippen LogP contribution in [0.25, 0.3) is 0 Å². The number of pyridine rings is 1. The number of unbranched alkanes of at least 4 members (excludes halogenated alkanes) is 2. The maximum atomic E-state index is 12.6. The van der Waals surface area contributed by atoms with E-state index in [0.29, 0.717) is 12.8 Å². The number of aromatic nitrogens is 1. The topological polar surface area (TPSA) is 93.6 Å². The molecule has 0 saturated heterocycles. The van der Waals surface area contributed by atoms with Gasteiger partial charge in [-0.25, -0.2) is 4.79 Å². The Morgan fingerprint density at radius 3 is 2.50 bits per heavy atom. The molecule has 1 heterocycles. The average molecular weight is 383 g/mol. The molecule has 0 radical (unpaired) electrons. The van der Waals surface area contributed by atoms with E-state index in [4.69, 9.17) is 4.74 Å². The molecule has 0 aromatic carbocycles. The number of hydrogen-bond donors (Lipinski definition) is 1. The maximum Gasteiger partial charge on any atom is 0.331 e. The number of carboxylic acid groups (broad SMARTS) is 1. The molecule has 1 N–H and O–H groups in total. The molecule has 28 heavy (non-hydrogen) atoms. The third-order valence-electron chi connectivity index (χ3n) is 4.81. The summed E-state index contributed by atoms with van der Waals surface area (Å²) in [5.74, 6) is -1.81. The van der Waals surface area contributed by atoms with Crippen LogP contribution in [0.1, 0.15) is 45.1 Å². The fourth-order valence-electron chi connectivity index (χ4n) is 3.14. The van der Waals surface area contributed by atoms with Gasteiger partial charge in [0.1, 0.15) is 0 Å². The van der Waals surface area contributed by atoms with Crippen LogP contribution in [0, 0.1) is 0 Å². The molecule has 6 nitrogen and oxygen atoms in total. The predicted molar refractivity (Wildman–Crippen MR) is 105 cm³/mol. The van der Waals surface area contributed by atoms with Crippen molar-refractivity contribution in [3.05, 3.63) is 64.2 Å². The first-order valence-corrected chi connectivity index (χ1v) is 9.24. The number of hydrogen-bond acceptors (Lipinski definition) is 5. The van der Waals surface area contributed by atoms with Crippen LogP contribution in [0.15, 0.2) is 58.7 Å². The van der Waals surface area contributed by atoms with Crippen molar-refractivity contribution in [3.63, 3.8) is 0 Å². The lowest BCUT2D eigenvalue weighted by molar-refractivity contribution is -0.132. The maximum absolute atomic E-state index is 12.6. The lowest BCUT2D eigenvalue weighted by atomic mass is 9.88. The van der Waals surface area contributed by atoms with Gasteiger partial charge in [0.15, 0.2) is 11.5 Å². The van der Waals surface area contributed by atoms with E-state index in [-0.39, 0.29) is 39.6 Å². The van der Waals surface area contributed by atoms with Crippen LogP contribution in [0.5, 0.6) is 0 Å². The number of aliphatic carboxylic acids is 1. The molecule has 0 fully saturated rings. The lowest BCUT2D eigenvalue weighted by Gasteiger charge is -2.18. The van der Waals surface area contributed by atoms with Gasteiger partial charge in [-0.1, -0.05) is 12.5 Å². The van der Waals surface area contributed by atoms with Crippen molar-refractivity contribution in [1.29, 1.82) is 0 Å². The van der Waals surface area contributed by atoms with Crippen molar-refractivity contribution >= 4 is 17.5 Å². The highest BCUT2D eigenvalue weighted by molar-refractivity contribution is 6.25. The summed E-state index contributed by atoms with van der Waals surface area (Å²) in [4.78, 5) is 40.6. The Balaban J connectivity index is 2.04. The zero-order valence-electron chi connectivity index (χ0n) is 16.4. The predicted octanol–water partition coefficient (Wildman–Crippen LogP) is 3.58. The normalized spacial score (nSPS) is 15.3. The van der Waals surface area contributed by atoms with Crippen LogP contribution >= 0.6 is 0 Å². The molecule has 6 heteroatoms. The monoisotopic (exact) mass is 383 g/mol. The van der Waals surface area contributed by atoms with Gasteiger partial charge in [0.25, 0.3) is 0 Å². The Labute approximate surface area is 164 Å². The number of carbonyl (C=O) groups excluding carboxylic acids is 2. The summed E-state index contributed by atoms with van der Waals surface area (Å²) in [7, 11) is 1.34. The molecule has 1 aliphatic rings. The van der Waals surface area contributed by atoms with Crippen molar-refractivity contribution in [1.82, 2.24) is 4.98 Å². The number of carboxylic acids is 1. The molecule has 0 atom stereocenters. The van der Waals surface area contributed by atoms with Crippen LogP contribution in [0.3, 0.4) is 0 Å². The molecule has 0 spiro atoms. The highest BCUT2D eigenvalue weighted by Gasteiger charge is 2.30. The fourth-order valence-corrected chi connectivity index (χ4v) is 3.14. The van der Waals surface area contributed by atoms with Crippen LogP contribution < -0.4 is 0 Å². The van der Waals surface area contributed by atoms with Crippen molar-refractivity contribution in [3.8, 4) is 0 Å². The van der Waals surface area contributed by atoms with Crippen LogP contribution in [0.4, 0.5) is 0 Å². The minimum atomic E-state index is -1.08. The highest BCUT2D eigenvalue weighted by Crippen LogP contribution is 2.27. The number of carbonyl (C=O) groups is 3. The second kappa shape index (κ2) is 9.78. The minimum Gasteiger partial charge on any atom is -0.492 e. The molecule has 0 aliphatic heterocycles. The third-order valence-corrected chi connectivity index (χ3v) is 4.81. The van der Waals surface area contributed by atoms with Crippen molar-refractivity contribution in [2.45, 2.75) is 46.0 Å². The van der Waals surface area contributed by atoms with E-state index in [0.717, 1.165) is 24.8 Å². The number of ketones is 2. The Hall–Kier alpha value is -3.02. The largest absolute Gasteiger partial charge is 0.492 e. The standard InChI is InChI=1S/C22H25NO5/c1-14-18(19(24)15(2)21(28-3)20(14)25)12-17(22(26)27)10-6-4-5-8-16-9-7-11-23-13-16/h7,9,11-13H,4-6,8,10H2,1-3H3,(H,26,27)/b17-12-. The Morgan fingerprint density at radius 1 is 1.14 bits per heavy atom. The van der Waals surface area contributed by atoms with Gasteiger partial charge in [-0.15, -0.1) is 0 Å². The average Bonchev–Trinajstić information content (AvgIpc) is 2.69. The zero-order chi connectivity index (χ0) is 20.7. The minimum absolute atomic E-state index is 0.0203. The molecule has 148 valence electrons. The Bertz CT molecular complexity index is 862. The number of Topliss-reactive ketones (excluding diaryl/α,β-unsaturated/α-hetero) is 2. The molecule has 0 saturated carbocycles. The number of rotatable bonds is 9. The number of ether oxygens (including phenoxy) is 1. The summed E-state index contributed by atoms with van der Waals surface area (Å²) >= 11 is 0. The Kier molecular flexibility index (Phi) is 7.44. The molecular formula is C22H25NO5. The van der Waals surface area contributed by atoms with Gasteiger partial charge in [0.05, 0.1) is 7.11 Å². The van der Waals surface area contributed by atoms with Crippen molar-refractivity contribution in [2.75, 3.05) is 7.11 Å². The van der Waals surface area contributed by atoms with Crippen molar-refractivity contribution in [2.24, 2.45) is 0 Å². The van der Waals surface area contributed by atoms with E-state index < -0.39 is 5.97 Å². The molecular weight excluding hydrogens is 358 g/mol. The fraction of sp³-hybridized carbons (Fsp3) is 0.364. The van der Waals surface area contributed by atoms with Crippen molar-refractivity contribution < 1.29 is 24.2 Å². The molecule has 1 aromatic rings. The summed E-state index contributed by atoms with van der Waals surface area (Å²) in [6.45, 7) is 3.03. The first kappa shape index (κ1) is 21.3. The lowest BCUT2D eigenvalue weighted by Crippen LogP contribution is -2.22. The van der Waals surface area contributed by atoms with Crippen LogP contribution in [0.2, 0.25) is 0 Å². The molecule has 0 bridgehead atoms. The number of nitrogens with zero attached hydrogens (tertiary/aromatic N) is 1. The van der Waals surface area contributed by atoms with Crippen LogP contribution in [-0.4, -0.2) is 34.7 Å². The number of aryl methyl sites for hydroxylation is 1. The summed E-state index contributed by atoms with van der Waals surface area (Å²) in [5, 5.41) is 9.51. The van der Waals surface area contributed by atoms with E-state index in [9.17, 15) is 19.5 Å². The first-order valence-electron chi connectivity index (χ1n) is 9.24.